The van der Waals surface area contributed by atoms with Crippen molar-refractivity contribution in [2.45, 2.75) is 39.0 Å². The third-order valence-corrected chi connectivity index (χ3v) is 5.01. The lowest BCUT2D eigenvalue weighted by Crippen LogP contribution is -3.14. The molecule has 0 radical (unpaired) electrons. The molecule has 1 saturated heterocycles. The maximum absolute atomic E-state index is 12.2. The number of carbonyl (C=O) groups is 2. The van der Waals surface area contributed by atoms with Crippen molar-refractivity contribution in [3.63, 3.8) is 0 Å². The Balaban J connectivity index is 1.78. The number of ether oxygens (including phenoxy) is 1. The maximum Gasteiger partial charge on any atom is 0.309 e. The Morgan fingerprint density at radius 2 is 1.88 bits per heavy atom. The van der Waals surface area contributed by atoms with Crippen molar-refractivity contribution < 1.29 is 19.2 Å². The van der Waals surface area contributed by atoms with Crippen LogP contribution in [-0.4, -0.2) is 38.6 Å². The summed E-state index contributed by atoms with van der Waals surface area (Å²) in [5.41, 5.74) is 2.14. The Morgan fingerprint density at radius 3 is 2.42 bits per heavy atom. The minimum Gasteiger partial charge on any atom is -0.469 e. The number of piperidine rings is 1. The lowest BCUT2D eigenvalue weighted by atomic mass is 9.97. The molecule has 24 heavy (non-hydrogen) atoms. The average molecular weight is 333 g/mol. The molecule has 5 nitrogen and oxygen atoms in total. The van der Waals surface area contributed by atoms with Crippen LogP contribution >= 0.6 is 0 Å². The van der Waals surface area contributed by atoms with Crippen molar-refractivity contribution in [1.29, 1.82) is 0 Å². The molecule has 2 rings (SSSR count). The number of quaternary nitrogens is 1. The number of rotatable bonds is 6. The molecule has 1 fully saturated rings. The monoisotopic (exact) mass is 333 g/mol. The Morgan fingerprint density at radius 1 is 1.25 bits per heavy atom. The van der Waals surface area contributed by atoms with Crippen LogP contribution in [0.4, 0.5) is 5.69 Å². The highest BCUT2D eigenvalue weighted by atomic mass is 16.5. The van der Waals surface area contributed by atoms with E-state index in [1.54, 1.807) is 0 Å². The van der Waals surface area contributed by atoms with Gasteiger partial charge in [-0.1, -0.05) is 26.0 Å². The fourth-order valence-electron chi connectivity index (χ4n) is 3.17. The Hall–Kier alpha value is -1.88. The number of carbonyl (C=O) groups excluding carboxylic acids is 2. The summed E-state index contributed by atoms with van der Waals surface area (Å²) < 4.78 is 4.79. The van der Waals surface area contributed by atoms with Gasteiger partial charge in [-0.05, 0) is 30.0 Å². The molecular weight excluding hydrogens is 304 g/mol. The molecule has 5 heteroatoms. The first-order valence-corrected chi connectivity index (χ1v) is 8.84. The molecule has 1 aromatic carbocycles. The highest BCUT2D eigenvalue weighted by Gasteiger charge is 2.28. The fraction of sp³-hybridized carbons (Fsp3) is 0.579. The Bertz CT molecular complexity index is 548. The molecule has 0 unspecified atom stereocenters. The van der Waals surface area contributed by atoms with Gasteiger partial charge in [-0.2, -0.15) is 0 Å². The van der Waals surface area contributed by atoms with Crippen molar-refractivity contribution in [3.8, 4) is 0 Å². The summed E-state index contributed by atoms with van der Waals surface area (Å²) >= 11 is 0. The predicted molar refractivity (Wildman–Crippen MR) is 94.1 cm³/mol. The molecule has 0 aromatic heterocycles. The number of anilines is 1. The second kappa shape index (κ2) is 8.83. The van der Waals surface area contributed by atoms with Gasteiger partial charge in [-0.25, -0.2) is 0 Å². The van der Waals surface area contributed by atoms with E-state index in [0.717, 1.165) is 38.0 Å². The van der Waals surface area contributed by atoms with E-state index in [-0.39, 0.29) is 17.8 Å². The van der Waals surface area contributed by atoms with Gasteiger partial charge in [0.2, 0.25) is 0 Å². The van der Waals surface area contributed by atoms with E-state index in [1.165, 1.54) is 17.6 Å². The topological polar surface area (TPSA) is 59.8 Å². The molecule has 2 N–H and O–H groups in total. The summed E-state index contributed by atoms with van der Waals surface area (Å²) in [6, 6.07) is 8.10. The number of methoxy groups -OCH3 is 1. The van der Waals surface area contributed by atoms with Crippen LogP contribution in [0.5, 0.6) is 0 Å². The SMILES string of the molecule is CC[C@H](C)c1ccc(NC(=O)C[NH+]2CCC(C(=O)OC)CC2)cc1. The second-order valence-corrected chi connectivity index (χ2v) is 6.70. The summed E-state index contributed by atoms with van der Waals surface area (Å²) in [5, 5.41) is 2.97. The predicted octanol–water partition coefficient (Wildman–Crippen LogP) is 1.61. The number of nitrogens with one attached hydrogen (secondary N) is 2. The van der Waals surface area contributed by atoms with Crippen LogP contribution < -0.4 is 10.2 Å². The first-order valence-electron chi connectivity index (χ1n) is 8.84. The van der Waals surface area contributed by atoms with Crippen LogP contribution in [0, 0.1) is 5.92 Å². The molecule has 1 atom stereocenters. The van der Waals surface area contributed by atoms with Crippen molar-refractivity contribution in [2.75, 3.05) is 32.1 Å². The van der Waals surface area contributed by atoms with Gasteiger partial charge in [-0.15, -0.1) is 0 Å². The summed E-state index contributed by atoms with van der Waals surface area (Å²) in [5.74, 6) is 0.433. The van der Waals surface area contributed by atoms with Gasteiger partial charge in [0.15, 0.2) is 6.54 Å². The summed E-state index contributed by atoms with van der Waals surface area (Å²) in [4.78, 5) is 25.0. The van der Waals surface area contributed by atoms with Gasteiger partial charge in [0, 0.05) is 18.5 Å². The smallest absolute Gasteiger partial charge is 0.309 e. The van der Waals surface area contributed by atoms with Crippen molar-refractivity contribution in [1.82, 2.24) is 0 Å². The maximum atomic E-state index is 12.2. The average Bonchev–Trinajstić information content (AvgIpc) is 2.61. The van der Waals surface area contributed by atoms with Gasteiger partial charge in [-0.3, -0.25) is 9.59 Å². The number of likely N-dealkylation sites (tertiary alicyclic amines) is 1. The van der Waals surface area contributed by atoms with E-state index in [1.807, 2.05) is 12.1 Å². The second-order valence-electron chi connectivity index (χ2n) is 6.70. The zero-order valence-corrected chi connectivity index (χ0v) is 14.9. The number of amides is 1. The molecular formula is C19H29N2O3+. The summed E-state index contributed by atoms with van der Waals surface area (Å²) in [6.45, 7) is 6.49. The van der Waals surface area contributed by atoms with Gasteiger partial charge >= 0.3 is 5.97 Å². The van der Waals surface area contributed by atoms with E-state index in [9.17, 15) is 9.59 Å². The molecule has 1 amide bonds. The molecule has 1 heterocycles. The Kier molecular flexibility index (Phi) is 6.79. The minimum absolute atomic E-state index is 0.00471. The lowest BCUT2D eigenvalue weighted by Gasteiger charge is -2.27. The van der Waals surface area contributed by atoms with Gasteiger partial charge in [0.25, 0.3) is 5.91 Å². The number of hydrogen-bond acceptors (Lipinski definition) is 3. The first-order chi connectivity index (χ1) is 11.5. The number of esters is 1. The zero-order chi connectivity index (χ0) is 17.5. The van der Waals surface area contributed by atoms with Gasteiger partial charge < -0.3 is 15.0 Å². The van der Waals surface area contributed by atoms with E-state index >= 15 is 0 Å². The summed E-state index contributed by atoms with van der Waals surface area (Å²) in [7, 11) is 1.43. The fourth-order valence-corrected chi connectivity index (χ4v) is 3.17. The quantitative estimate of drug-likeness (QED) is 0.778. The lowest BCUT2D eigenvalue weighted by molar-refractivity contribution is -0.897. The molecule has 1 aliphatic heterocycles. The van der Waals surface area contributed by atoms with E-state index in [2.05, 4.69) is 31.3 Å². The zero-order valence-electron chi connectivity index (χ0n) is 14.9. The van der Waals surface area contributed by atoms with Crippen molar-refractivity contribution in [3.05, 3.63) is 29.8 Å². The largest absolute Gasteiger partial charge is 0.469 e. The van der Waals surface area contributed by atoms with Crippen LogP contribution in [0.15, 0.2) is 24.3 Å². The molecule has 132 valence electrons. The molecule has 0 spiro atoms. The normalized spacial score (nSPS) is 21.8. The highest BCUT2D eigenvalue weighted by Crippen LogP contribution is 2.20. The minimum atomic E-state index is -0.125. The molecule has 1 aliphatic rings. The first kappa shape index (κ1) is 18.5. The van der Waals surface area contributed by atoms with E-state index < -0.39 is 0 Å². The number of hydrogen-bond donors (Lipinski definition) is 2. The highest BCUT2D eigenvalue weighted by molar-refractivity contribution is 5.91. The standard InChI is InChI=1S/C19H28N2O3/c1-4-14(2)15-5-7-17(8-6-15)20-18(22)13-21-11-9-16(10-12-21)19(23)24-3/h5-8,14,16H,4,9-13H2,1-3H3,(H,20,22)/p+1/t14-/m0/s1. The number of benzene rings is 1. The Labute approximate surface area is 144 Å². The summed E-state index contributed by atoms with van der Waals surface area (Å²) in [6.07, 6.45) is 2.69. The van der Waals surface area contributed by atoms with Crippen molar-refractivity contribution in [2.24, 2.45) is 5.92 Å². The van der Waals surface area contributed by atoms with Gasteiger partial charge in [0.05, 0.1) is 26.1 Å². The molecule has 0 bridgehead atoms. The van der Waals surface area contributed by atoms with Crippen LogP contribution in [0.2, 0.25) is 0 Å². The van der Waals surface area contributed by atoms with Crippen molar-refractivity contribution >= 4 is 17.6 Å². The van der Waals surface area contributed by atoms with E-state index in [0.29, 0.717) is 12.5 Å². The van der Waals surface area contributed by atoms with E-state index in [4.69, 9.17) is 4.74 Å². The van der Waals surface area contributed by atoms with Crippen LogP contribution in [0.3, 0.4) is 0 Å². The van der Waals surface area contributed by atoms with Crippen LogP contribution in [-0.2, 0) is 14.3 Å². The molecule has 0 saturated carbocycles. The third-order valence-electron chi connectivity index (χ3n) is 5.01. The van der Waals surface area contributed by atoms with Gasteiger partial charge in [0.1, 0.15) is 0 Å². The molecule has 1 aromatic rings. The third kappa shape index (κ3) is 5.06. The molecule has 0 aliphatic carbocycles. The van der Waals surface area contributed by atoms with Crippen LogP contribution in [0.25, 0.3) is 0 Å². The van der Waals surface area contributed by atoms with Crippen LogP contribution in [0.1, 0.15) is 44.6 Å².